The van der Waals surface area contributed by atoms with E-state index in [1.54, 1.807) is 0 Å². The zero-order valence-electron chi connectivity index (χ0n) is 33.4. The van der Waals surface area contributed by atoms with Gasteiger partial charge in [-0.05, 0) is 69.3 Å². The van der Waals surface area contributed by atoms with Gasteiger partial charge in [0.2, 0.25) is 5.95 Å². The monoisotopic (exact) mass is 789 g/mol. The molecule has 0 saturated carbocycles. The molecule has 0 spiro atoms. The quantitative estimate of drug-likeness (QED) is 0.178. The molecular formula is C57H35N5. The highest BCUT2D eigenvalue weighted by Crippen LogP contribution is 2.52. The van der Waals surface area contributed by atoms with Gasteiger partial charge >= 0.3 is 0 Å². The van der Waals surface area contributed by atoms with Gasteiger partial charge in [0.1, 0.15) is 0 Å². The lowest BCUT2D eigenvalue weighted by Gasteiger charge is -2.26. The van der Waals surface area contributed by atoms with E-state index in [1.807, 2.05) is 18.2 Å². The molecule has 0 amide bonds. The lowest BCUT2D eigenvalue weighted by atomic mass is 9.79. The summed E-state index contributed by atoms with van der Waals surface area (Å²) < 4.78 is 4.61. The molecular weight excluding hydrogens is 755 g/mol. The topological polar surface area (TPSA) is 48.5 Å². The second kappa shape index (κ2) is 13.6. The number of para-hydroxylation sites is 4. The first kappa shape index (κ1) is 34.5. The Morgan fingerprint density at radius 3 is 1.16 bits per heavy atom. The molecule has 0 N–H and O–H groups in total. The Morgan fingerprint density at radius 1 is 0.258 bits per heavy atom. The third-order valence-electron chi connectivity index (χ3n) is 12.6. The van der Waals surface area contributed by atoms with Crippen molar-refractivity contribution in [2.75, 3.05) is 0 Å². The lowest BCUT2D eigenvalue weighted by molar-refractivity contribution is 0.952. The molecule has 3 aromatic heterocycles. The fourth-order valence-corrected chi connectivity index (χ4v) is 9.96. The summed E-state index contributed by atoms with van der Waals surface area (Å²) >= 11 is 0. The number of aromatic nitrogens is 5. The Hall–Kier alpha value is -8.41. The Balaban J connectivity index is 1.24. The van der Waals surface area contributed by atoms with E-state index in [9.17, 15) is 0 Å². The zero-order valence-corrected chi connectivity index (χ0v) is 33.4. The van der Waals surface area contributed by atoms with Gasteiger partial charge in [0.15, 0.2) is 11.6 Å². The highest BCUT2D eigenvalue weighted by molar-refractivity contribution is 6.13. The minimum Gasteiger partial charge on any atom is -0.308 e. The Bertz CT molecular complexity index is 3650. The molecule has 12 aromatic rings. The standard InChI is InChI=1S/C57H35N5/c1-2-18-36(19-3-1)55-58-56(60-57(59-55)62-50-32-16-12-27-44(50)45-28-13-17-33-51(45)62)54-52(61-48-30-14-10-25-42(48)43-26-11-15-31-49(43)61)35-34-47-41-24-7-6-22-39(41)37-20-4-5-21-38(37)40-23-8-9-29-46(40)53(47)54/h1-35H. The zero-order chi connectivity index (χ0) is 40.7. The van der Waals surface area contributed by atoms with Gasteiger partial charge in [-0.1, -0.05) is 182 Å². The number of benzene rings is 9. The summed E-state index contributed by atoms with van der Waals surface area (Å²) in [5.74, 6) is 1.75. The van der Waals surface area contributed by atoms with Crippen molar-refractivity contribution in [3.8, 4) is 78.9 Å². The van der Waals surface area contributed by atoms with Gasteiger partial charge in [-0.2, -0.15) is 9.97 Å². The number of hydrogen-bond donors (Lipinski definition) is 0. The fraction of sp³-hybridized carbons (Fsp3) is 0. The molecule has 0 radical (unpaired) electrons. The molecule has 13 rings (SSSR count). The van der Waals surface area contributed by atoms with Crippen LogP contribution in [0.2, 0.25) is 0 Å². The third kappa shape index (κ3) is 5.06. The van der Waals surface area contributed by atoms with Gasteiger partial charge in [0.25, 0.3) is 0 Å². The van der Waals surface area contributed by atoms with Crippen LogP contribution in [-0.4, -0.2) is 24.1 Å². The summed E-state index contributed by atoms with van der Waals surface area (Å²) in [6, 6.07) is 75.8. The maximum atomic E-state index is 5.67. The van der Waals surface area contributed by atoms with Crippen molar-refractivity contribution in [3.05, 3.63) is 212 Å². The normalized spacial score (nSPS) is 11.9. The van der Waals surface area contributed by atoms with E-state index in [-0.39, 0.29) is 0 Å². The average molecular weight is 790 g/mol. The molecule has 0 atom stereocenters. The molecule has 0 fully saturated rings. The van der Waals surface area contributed by atoms with E-state index in [2.05, 4.69) is 203 Å². The summed E-state index contributed by atoms with van der Waals surface area (Å²) in [7, 11) is 0. The highest BCUT2D eigenvalue weighted by atomic mass is 15.2. The van der Waals surface area contributed by atoms with E-state index in [0.29, 0.717) is 17.6 Å². The molecule has 0 bridgehead atoms. The van der Waals surface area contributed by atoms with Gasteiger partial charge in [-0.15, -0.1) is 0 Å². The largest absolute Gasteiger partial charge is 0.308 e. The number of rotatable bonds is 4. The van der Waals surface area contributed by atoms with Crippen LogP contribution in [0.3, 0.4) is 0 Å². The summed E-state index contributed by atoms with van der Waals surface area (Å²) in [6.45, 7) is 0. The van der Waals surface area contributed by atoms with Crippen molar-refractivity contribution >= 4 is 43.6 Å². The van der Waals surface area contributed by atoms with Gasteiger partial charge in [-0.3, -0.25) is 4.57 Å². The van der Waals surface area contributed by atoms with Gasteiger partial charge < -0.3 is 4.57 Å². The van der Waals surface area contributed by atoms with Crippen LogP contribution in [0.5, 0.6) is 0 Å². The van der Waals surface area contributed by atoms with E-state index >= 15 is 0 Å². The molecule has 9 aromatic carbocycles. The summed E-state index contributed by atoms with van der Waals surface area (Å²) in [5.41, 5.74) is 16.3. The molecule has 1 aliphatic carbocycles. The minimum absolute atomic E-state index is 0.557. The van der Waals surface area contributed by atoms with Crippen molar-refractivity contribution in [2.45, 2.75) is 0 Å². The molecule has 0 unspecified atom stereocenters. The minimum atomic E-state index is 0.557. The molecule has 288 valence electrons. The summed E-state index contributed by atoms with van der Waals surface area (Å²) in [4.78, 5) is 16.6. The first-order valence-electron chi connectivity index (χ1n) is 21.0. The Labute approximate surface area is 357 Å². The number of fused-ring (bicyclic) bond motifs is 14. The van der Waals surface area contributed by atoms with Crippen molar-refractivity contribution in [1.82, 2.24) is 24.1 Å². The third-order valence-corrected chi connectivity index (χ3v) is 12.6. The van der Waals surface area contributed by atoms with Crippen LogP contribution in [0.1, 0.15) is 0 Å². The molecule has 3 heterocycles. The predicted molar refractivity (Wildman–Crippen MR) is 255 cm³/mol. The fourth-order valence-electron chi connectivity index (χ4n) is 9.96. The Morgan fingerprint density at radius 2 is 0.645 bits per heavy atom. The van der Waals surface area contributed by atoms with Crippen molar-refractivity contribution in [3.63, 3.8) is 0 Å². The average Bonchev–Trinajstić information content (AvgIpc) is 3.86. The van der Waals surface area contributed by atoms with Crippen molar-refractivity contribution in [2.24, 2.45) is 0 Å². The van der Waals surface area contributed by atoms with Crippen LogP contribution >= 0.6 is 0 Å². The van der Waals surface area contributed by atoms with E-state index in [4.69, 9.17) is 15.0 Å². The van der Waals surface area contributed by atoms with Gasteiger partial charge in [-0.25, -0.2) is 4.98 Å². The summed E-state index contributed by atoms with van der Waals surface area (Å²) in [5, 5.41) is 4.66. The molecule has 5 nitrogen and oxygen atoms in total. The summed E-state index contributed by atoms with van der Waals surface area (Å²) in [6.07, 6.45) is 0. The number of hydrogen-bond acceptors (Lipinski definition) is 3. The first-order valence-corrected chi connectivity index (χ1v) is 21.0. The van der Waals surface area contributed by atoms with Gasteiger partial charge in [0, 0.05) is 32.7 Å². The maximum Gasteiger partial charge on any atom is 0.238 e. The second-order valence-electron chi connectivity index (χ2n) is 15.9. The van der Waals surface area contributed by atoms with Crippen molar-refractivity contribution in [1.29, 1.82) is 0 Å². The van der Waals surface area contributed by atoms with Crippen LogP contribution in [-0.2, 0) is 0 Å². The van der Waals surface area contributed by atoms with Crippen LogP contribution in [0.15, 0.2) is 212 Å². The van der Waals surface area contributed by atoms with Gasteiger partial charge in [0.05, 0.1) is 33.3 Å². The smallest absolute Gasteiger partial charge is 0.238 e. The SMILES string of the molecule is c1ccc(-c2nc(-c3c(-n4c5ccccc5c5ccccc54)ccc4c3-c3ccccc3-c3ccccc3-c3ccccc3-4)nc(-n3c4ccccc4c4ccccc43)n2)cc1. The first-order chi connectivity index (χ1) is 30.8. The molecule has 0 saturated heterocycles. The molecule has 62 heavy (non-hydrogen) atoms. The van der Waals surface area contributed by atoms with Crippen molar-refractivity contribution < 1.29 is 0 Å². The second-order valence-corrected chi connectivity index (χ2v) is 15.9. The lowest BCUT2D eigenvalue weighted by Crippen LogP contribution is -2.09. The Kier molecular flexibility index (Phi) is 7.54. The number of nitrogens with zero attached hydrogens (tertiary/aromatic N) is 5. The highest BCUT2D eigenvalue weighted by Gasteiger charge is 2.30. The van der Waals surface area contributed by atoms with Crippen LogP contribution in [0.4, 0.5) is 0 Å². The predicted octanol–water partition coefficient (Wildman–Crippen LogP) is 14.4. The van der Waals surface area contributed by atoms with E-state index < -0.39 is 0 Å². The van der Waals surface area contributed by atoms with Crippen LogP contribution < -0.4 is 0 Å². The van der Waals surface area contributed by atoms with E-state index in [1.165, 1.54) is 27.5 Å². The molecule has 5 heteroatoms. The van der Waals surface area contributed by atoms with E-state index in [0.717, 1.165) is 77.5 Å². The van der Waals surface area contributed by atoms with Crippen LogP contribution in [0.25, 0.3) is 123 Å². The van der Waals surface area contributed by atoms with Crippen LogP contribution in [0, 0.1) is 0 Å². The molecule has 0 aliphatic heterocycles. The maximum absolute atomic E-state index is 5.67. The molecule has 1 aliphatic rings.